The van der Waals surface area contributed by atoms with E-state index in [1.807, 2.05) is 60.7 Å². The number of rotatable bonds is 10. The lowest BCUT2D eigenvalue weighted by Gasteiger charge is -2.26. The van der Waals surface area contributed by atoms with Crippen LogP contribution in [0.1, 0.15) is 29.7 Å². The van der Waals surface area contributed by atoms with Crippen molar-refractivity contribution in [2.24, 2.45) is 0 Å². The topological polar surface area (TPSA) is 108 Å². The highest BCUT2D eigenvalue weighted by Gasteiger charge is 2.38. The number of nitrogens with one attached hydrogen (secondary N) is 2. The molecule has 36 heavy (non-hydrogen) atoms. The molecule has 4 rings (SSSR count). The number of carbonyl (C=O) groups is 4. The van der Waals surface area contributed by atoms with Crippen LogP contribution in [0.4, 0.5) is 0 Å². The number of pyridine rings is 1. The van der Waals surface area contributed by atoms with Crippen LogP contribution in [0, 0.1) is 0 Å². The lowest BCUT2D eigenvalue weighted by molar-refractivity contribution is -0.141. The van der Waals surface area contributed by atoms with E-state index in [-0.39, 0.29) is 25.3 Å². The molecule has 0 spiro atoms. The van der Waals surface area contributed by atoms with E-state index in [0.717, 1.165) is 11.1 Å². The fourth-order valence-corrected chi connectivity index (χ4v) is 4.23. The van der Waals surface area contributed by atoms with Gasteiger partial charge in [0, 0.05) is 25.6 Å². The second-order valence-electron chi connectivity index (χ2n) is 8.68. The van der Waals surface area contributed by atoms with Gasteiger partial charge in [-0.05, 0) is 29.7 Å². The molecule has 1 aliphatic heterocycles. The number of hydrogen-bond acceptors (Lipinski definition) is 5. The van der Waals surface area contributed by atoms with Gasteiger partial charge in [0.05, 0.1) is 12.2 Å². The molecule has 1 aliphatic rings. The van der Waals surface area contributed by atoms with Crippen LogP contribution in [0.2, 0.25) is 0 Å². The summed E-state index contributed by atoms with van der Waals surface area (Å²) in [6, 6.07) is 22.1. The maximum atomic E-state index is 13.3. The van der Waals surface area contributed by atoms with Crippen LogP contribution in [0.5, 0.6) is 0 Å². The van der Waals surface area contributed by atoms with E-state index in [9.17, 15) is 19.2 Å². The molecule has 0 bridgehead atoms. The summed E-state index contributed by atoms with van der Waals surface area (Å²) in [4.78, 5) is 57.4. The van der Waals surface area contributed by atoms with Gasteiger partial charge in [-0.25, -0.2) is 0 Å². The molecule has 1 fully saturated rings. The molecule has 0 saturated carbocycles. The SMILES string of the molecule is O=C(NCc1ccccn1)C(=O)[C@@H](Cc1ccccc1)NC(=O)[C@H]1CCC(=O)N1Cc1ccccc1. The van der Waals surface area contributed by atoms with Crippen molar-refractivity contribution < 1.29 is 19.2 Å². The minimum absolute atomic E-state index is 0.0966. The minimum atomic E-state index is -1.07. The van der Waals surface area contributed by atoms with Crippen molar-refractivity contribution in [2.45, 2.75) is 44.4 Å². The molecule has 0 unspecified atom stereocenters. The van der Waals surface area contributed by atoms with E-state index in [2.05, 4.69) is 15.6 Å². The van der Waals surface area contributed by atoms with Gasteiger partial charge >= 0.3 is 0 Å². The number of aromatic nitrogens is 1. The number of benzene rings is 2. The van der Waals surface area contributed by atoms with E-state index < -0.39 is 29.7 Å². The first-order chi connectivity index (χ1) is 17.5. The Morgan fingerprint density at radius 3 is 2.25 bits per heavy atom. The third-order valence-electron chi connectivity index (χ3n) is 6.12. The zero-order valence-corrected chi connectivity index (χ0v) is 19.8. The lowest BCUT2D eigenvalue weighted by Crippen LogP contribution is -2.53. The van der Waals surface area contributed by atoms with Crippen molar-refractivity contribution in [3.63, 3.8) is 0 Å². The molecule has 8 nitrogen and oxygen atoms in total. The van der Waals surface area contributed by atoms with Crippen molar-refractivity contribution in [3.05, 3.63) is 102 Å². The second kappa shape index (κ2) is 11.9. The summed E-state index contributed by atoms with van der Waals surface area (Å²) in [7, 11) is 0. The number of ketones is 1. The third kappa shape index (κ3) is 6.41. The fraction of sp³-hybridized carbons (Fsp3) is 0.250. The van der Waals surface area contributed by atoms with Gasteiger partial charge in [-0.3, -0.25) is 24.2 Å². The van der Waals surface area contributed by atoms with Crippen LogP contribution in [-0.4, -0.2) is 45.5 Å². The number of amides is 3. The third-order valence-corrected chi connectivity index (χ3v) is 6.12. The zero-order valence-electron chi connectivity index (χ0n) is 19.8. The molecule has 2 N–H and O–H groups in total. The Labute approximate surface area is 209 Å². The summed E-state index contributed by atoms with van der Waals surface area (Å²) >= 11 is 0. The first-order valence-corrected chi connectivity index (χ1v) is 11.9. The van der Waals surface area contributed by atoms with Crippen molar-refractivity contribution in [1.82, 2.24) is 20.5 Å². The van der Waals surface area contributed by atoms with Crippen LogP contribution < -0.4 is 10.6 Å². The largest absolute Gasteiger partial charge is 0.344 e. The minimum Gasteiger partial charge on any atom is -0.344 e. The smallest absolute Gasteiger partial charge is 0.289 e. The van der Waals surface area contributed by atoms with Gasteiger partial charge in [0.2, 0.25) is 17.6 Å². The van der Waals surface area contributed by atoms with Gasteiger partial charge in [-0.1, -0.05) is 66.7 Å². The van der Waals surface area contributed by atoms with Crippen LogP contribution in [0.25, 0.3) is 0 Å². The molecule has 8 heteroatoms. The maximum absolute atomic E-state index is 13.3. The highest BCUT2D eigenvalue weighted by Crippen LogP contribution is 2.22. The predicted octanol–water partition coefficient (Wildman–Crippen LogP) is 2.19. The molecule has 3 aromatic rings. The van der Waals surface area contributed by atoms with Crippen molar-refractivity contribution >= 4 is 23.5 Å². The number of carbonyl (C=O) groups excluding carboxylic acids is 4. The Kier molecular flexibility index (Phi) is 8.18. The van der Waals surface area contributed by atoms with Crippen molar-refractivity contribution in [1.29, 1.82) is 0 Å². The summed E-state index contributed by atoms with van der Waals surface area (Å²) in [5.74, 6) is -2.10. The average molecular weight is 485 g/mol. The second-order valence-corrected chi connectivity index (χ2v) is 8.68. The Bertz CT molecular complexity index is 1200. The van der Waals surface area contributed by atoms with E-state index >= 15 is 0 Å². The number of Topliss-reactive ketones (excluding diaryl/α,β-unsaturated/α-hetero) is 1. The van der Waals surface area contributed by atoms with Gasteiger partial charge in [0.15, 0.2) is 0 Å². The highest BCUT2D eigenvalue weighted by atomic mass is 16.2. The molecule has 0 radical (unpaired) electrons. The molecule has 184 valence electrons. The van der Waals surface area contributed by atoms with E-state index in [0.29, 0.717) is 18.7 Å². The Hall–Kier alpha value is -4.33. The Morgan fingerprint density at radius 2 is 1.58 bits per heavy atom. The van der Waals surface area contributed by atoms with Gasteiger partial charge < -0.3 is 15.5 Å². The highest BCUT2D eigenvalue weighted by molar-refractivity contribution is 6.38. The zero-order chi connectivity index (χ0) is 25.3. The van der Waals surface area contributed by atoms with Gasteiger partial charge in [-0.15, -0.1) is 0 Å². The number of hydrogen-bond donors (Lipinski definition) is 2. The monoisotopic (exact) mass is 484 g/mol. The molecule has 1 aromatic heterocycles. The Morgan fingerprint density at radius 1 is 0.917 bits per heavy atom. The summed E-state index contributed by atoms with van der Waals surface area (Å²) in [5, 5.41) is 5.35. The number of nitrogens with zero attached hydrogens (tertiary/aromatic N) is 2. The standard InChI is InChI=1S/C28H28N4O4/c33-25-15-14-24(32(25)19-21-11-5-2-6-12-21)27(35)31-23(17-20-9-3-1-4-10-20)26(34)28(36)30-18-22-13-7-8-16-29-22/h1-13,16,23-24H,14-15,17-19H2,(H,30,36)(H,31,35)/t23-,24-/m1/s1. The molecule has 2 heterocycles. The first kappa shape index (κ1) is 24.8. The average Bonchev–Trinajstić information content (AvgIpc) is 3.28. The molecular formula is C28H28N4O4. The molecule has 0 aliphatic carbocycles. The summed E-state index contributed by atoms with van der Waals surface area (Å²) < 4.78 is 0. The molecule has 3 amide bonds. The van der Waals surface area contributed by atoms with Crippen LogP contribution in [-0.2, 0) is 38.7 Å². The quantitative estimate of drug-likeness (QED) is 0.429. The summed E-state index contributed by atoms with van der Waals surface area (Å²) in [6.45, 7) is 0.402. The van der Waals surface area contributed by atoms with Gasteiger partial charge in [0.1, 0.15) is 12.1 Å². The number of likely N-dealkylation sites (tertiary alicyclic amines) is 1. The van der Waals surface area contributed by atoms with Crippen LogP contribution in [0.15, 0.2) is 85.1 Å². The predicted molar refractivity (Wildman–Crippen MR) is 133 cm³/mol. The lowest BCUT2D eigenvalue weighted by atomic mass is 10.0. The maximum Gasteiger partial charge on any atom is 0.289 e. The molecular weight excluding hydrogens is 456 g/mol. The van der Waals surface area contributed by atoms with Gasteiger partial charge in [0.25, 0.3) is 5.91 Å². The first-order valence-electron chi connectivity index (χ1n) is 11.9. The van der Waals surface area contributed by atoms with E-state index in [4.69, 9.17) is 0 Å². The molecule has 1 saturated heterocycles. The van der Waals surface area contributed by atoms with Crippen molar-refractivity contribution in [2.75, 3.05) is 0 Å². The normalized spacial score (nSPS) is 15.8. The molecule has 2 atom stereocenters. The van der Waals surface area contributed by atoms with Gasteiger partial charge in [-0.2, -0.15) is 0 Å². The van der Waals surface area contributed by atoms with Crippen molar-refractivity contribution in [3.8, 4) is 0 Å². The van der Waals surface area contributed by atoms with E-state index in [1.54, 1.807) is 24.4 Å². The van der Waals surface area contributed by atoms with Crippen LogP contribution in [0.3, 0.4) is 0 Å². The fourth-order valence-electron chi connectivity index (χ4n) is 4.23. The Balaban J connectivity index is 1.47. The van der Waals surface area contributed by atoms with Crippen LogP contribution >= 0.6 is 0 Å². The van der Waals surface area contributed by atoms with E-state index in [1.165, 1.54) is 4.90 Å². The summed E-state index contributed by atoms with van der Waals surface area (Å²) in [6.07, 6.45) is 2.37. The molecule has 2 aromatic carbocycles. The summed E-state index contributed by atoms with van der Waals surface area (Å²) in [5.41, 5.74) is 2.33.